The molecule has 1 heterocycles. The van der Waals surface area contributed by atoms with Crippen LogP contribution in [0.4, 0.5) is 0 Å². The highest BCUT2D eigenvalue weighted by Gasteiger charge is 2.15. The van der Waals surface area contributed by atoms with E-state index in [9.17, 15) is 5.11 Å². The number of methoxy groups -OCH3 is 2. The Balaban J connectivity index is 1.85. The molecule has 23 heavy (non-hydrogen) atoms. The van der Waals surface area contributed by atoms with E-state index in [0.717, 1.165) is 28.3 Å². The maximum atomic E-state index is 10.5. The highest BCUT2D eigenvalue weighted by molar-refractivity contribution is 5.60. The molecule has 0 aliphatic heterocycles. The molecule has 0 aliphatic carbocycles. The third kappa shape index (κ3) is 3.19. The minimum Gasteiger partial charge on any atom is -0.497 e. The molecule has 2 N–H and O–H groups in total. The molecular weight excluding hydrogens is 292 g/mol. The Morgan fingerprint density at radius 2 is 1.74 bits per heavy atom. The van der Waals surface area contributed by atoms with Crippen molar-refractivity contribution in [1.29, 1.82) is 0 Å². The van der Waals surface area contributed by atoms with Crippen LogP contribution in [0.2, 0.25) is 0 Å². The number of hydrogen-bond donors (Lipinski definition) is 2. The average molecular weight is 310 g/mol. The average Bonchev–Trinajstić information content (AvgIpc) is 3.11. The zero-order valence-corrected chi connectivity index (χ0v) is 13.0. The summed E-state index contributed by atoms with van der Waals surface area (Å²) in [4.78, 5) is 7.45. The molecule has 0 fully saturated rings. The van der Waals surface area contributed by atoms with Crippen molar-refractivity contribution in [3.63, 3.8) is 0 Å². The van der Waals surface area contributed by atoms with E-state index in [-0.39, 0.29) is 0 Å². The molecule has 0 bridgehead atoms. The standard InChI is InChI=1S/C18H18N2O3/c1-22-14-8-6-12(7-9-14)17(21)18-19-11-16(20-18)13-4-3-5-15(10-13)23-2/h3-11,17,21H,1-2H3,(H,19,20). The number of benzene rings is 2. The Hall–Kier alpha value is -2.79. The molecule has 5 nitrogen and oxygen atoms in total. The summed E-state index contributed by atoms with van der Waals surface area (Å²) in [5.41, 5.74) is 2.52. The van der Waals surface area contributed by atoms with Crippen LogP contribution in [0.5, 0.6) is 11.5 Å². The molecule has 0 aliphatic rings. The molecular formula is C18H18N2O3. The molecule has 1 aromatic heterocycles. The molecule has 0 radical (unpaired) electrons. The van der Waals surface area contributed by atoms with Crippen LogP contribution in [0.1, 0.15) is 17.5 Å². The van der Waals surface area contributed by atoms with Crippen molar-refractivity contribution in [2.45, 2.75) is 6.10 Å². The Morgan fingerprint density at radius 3 is 2.43 bits per heavy atom. The van der Waals surface area contributed by atoms with Crippen LogP contribution in [0.25, 0.3) is 11.3 Å². The zero-order valence-electron chi connectivity index (χ0n) is 13.0. The molecule has 0 amide bonds. The first-order chi connectivity index (χ1) is 11.2. The van der Waals surface area contributed by atoms with Gasteiger partial charge in [0.1, 0.15) is 23.4 Å². The number of ether oxygens (including phenoxy) is 2. The van der Waals surface area contributed by atoms with Crippen molar-refractivity contribution in [3.8, 4) is 22.8 Å². The first-order valence-corrected chi connectivity index (χ1v) is 7.22. The van der Waals surface area contributed by atoms with E-state index in [1.807, 2.05) is 48.5 Å². The SMILES string of the molecule is COc1ccc(C(O)c2ncc(-c3cccc(OC)c3)[nH]2)cc1. The molecule has 3 rings (SSSR count). The number of imidazole rings is 1. The molecule has 5 heteroatoms. The lowest BCUT2D eigenvalue weighted by Crippen LogP contribution is -2.01. The van der Waals surface area contributed by atoms with E-state index in [1.165, 1.54) is 0 Å². The van der Waals surface area contributed by atoms with E-state index >= 15 is 0 Å². The second-order valence-corrected chi connectivity index (χ2v) is 5.09. The highest BCUT2D eigenvalue weighted by Crippen LogP contribution is 2.26. The topological polar surface area (TPSA) is 67.4 Å². The summed E-state index contributed by atoms with van der Waals surface area (Å²) in [6.45, 7) is 0. The third-order valence-electron chi connectivity index (χ3n) is 3.67. The number of rotatable bonds is 5. The Bertz CT molecular complexity index is 781. The van der Waals surface area contributed by atoms with Crippen LogP contribution in [0, 0.1) is 0 Å². The fourth-order valence-corrected chi connectivity index (χ4v) is 2.36. The summed E-state index contributed by atoms with van der Waals surface area (Å²) in [5, 5.41) is 10.5. The molecule has 0 saturated heterocycles. The van der Waals surface area contributed by atoms with E-state index in [4.69, 9.17) is 9.47 Å². The minimum atomic E-state index is -0.819. The number of aromatic amines is 1. The Morgan fingerprint density at radius 1 is 1.00 bits per heavy atom. The highest BCUT2D eigenvalue weighted by atomic mass is 16.5. The van der Waals surface area contributed by atoms with Gasteiger partial charge in [-0.2, -0.15) is 0 Å². The first-order valence-electron chi connectivity index (χ1n) is 7.22. The number of aromatic nitrogens is 2. The van der Waals surface area contributed by atoms with Gasteiger partial charge in [-0.1, -0.05) is 24.3 Å². The number of nitrogens with zero attached hydrogens (tertiary/aromatic N) is 1. The predicted octanol–water partition coefficient (Wildman–Crippen LogP) is 3.18. The molecule has 2 aromatic carbocycles. The fourth-order valence-electron chi connectivity index (χ4n) is 2.36. The quantitative estimate of drug-likeness (QED) is 0.759. The number of H-pyrrole nitrogens is 1. The predicted molar refractivity (Wildman–Crippen MR) is 87.6 cm³/mol. The molecule has 1 unspecified atom stereocenters. The van der Waals surface area contributed by atoms with Crippen molar-refractivity contribution in [1.82, 2.24) is 9.97 Å². The van der Waals surface area contributed by atoms with Gasteiger partial charge in [0.15, 0.2) is 0 Å². The second kappa shape index (κ2) is 6.54. The number of hydrogen-bond acceptors (Lipinski definition) is 4. The van der Waals surface area contributed by atoms with Gasteiger partial charge >= 0.3 is 0 Å². The van der Waals surface area contributed by atoms with Gasteiger partial charge in [0.25, 0.3) is 0 Å². The van der Waals surface area contributed by atoms with Crippen molar-refractivity contribution < 1.29 is 14.6 Å². The largest absolute Gasteiger partial charge is 0.497 e. The molecule has 118 valence electrons. The van der Waals surface area contributed by atoms with Gasteiger partial charge in [-0.15, -0.1) is 0 Å². The van der Waals surface area contributed by atoms with Crippen LogP contribution in [0.3, 0.4) is 0 Å². The number of aliphatic hydroxyl groups is 1. The third-order valence-corrected chi connectivity index (χ3v) is 3.67. The van der Waals surface area contributed by atoms with Gasteiger partial charge in [-0.3, -0.25) is 0 Å². The minimum absolute atomic E-state index is 0.494. The van der Waals surface area contributed by atoms with Gasteiger partial charge in [0, 0.05) is 5.56 Å². The molecule has 1 atom stereocenters. The summed E-state index contributed by atoms with van der Waals surface area (Å²) < 4.78 is 10.3. The summed E-state index contributed by atoms with van der Waals surface area (Å²) in [5.74, 6) is 2.01. The van der Waals surface area contributed by atoms with E-state index in [1.54, 1.807) is 20.4 Å². The zero-order chi connectivity index (χ0) is 16.2. The van der Waals surface area contributed by atoms with Crippen LogP contribution in [0.15, 0.2) is 54.7 Å². The lowest BCUT2D eigenvalue weighted by Gasteiger charge is -2.09. The summed E-state index contributed by atoms with van der Waals surface area (Å²) in [6.07, 6.45) is 0.886. The summed E-state index contributed by atoms with van der Waals surface area (Å²) >= 11 is 0. The van der Waals surface area contributed by atoms with Gasteiger partial charge in [0.05, 0.1) is 26.1 Å². The molecule has 3 aromatic rings. The van der Waals surface area contributed by atoms with Crippen LogP contribution in [-0.2, 0) is 0 Å². The molecule has 0 saturated carbocycles. The van der Waals surface area contributed by atoms with E-state index in [0.29, 0.717) is 5.82 Å². The maximum Gasteiger partial charge on any atom is 0.140 e. The van der Waals surface area contributed by atoms with Gasteiger partial charge < -0.3 is 19.6 Å². The second-order valence-electron chi connectivity index (χ2n) is 5.09. The summed E-state index contributed by atoms with van der Waals surface area (Å²) in [6, 6.07) is 14.9. The lowest BCUT2D eigenvalue weighted by atomic mass is 10.1. The van der Waals surface area contributed by atoms with Crippen LogP contribution < -0.4 is 9.47 Å². The van der Waals surface area contributed by atoms with Crippen LogP contribution in [-0.4, -0.2) is 29.3 Å². The van der Waals surface area contributed by atoms with Gasteiger partial charge in [-0.05, 0) is 29.8 Å². The maximum absolute atomic E-state index is 10.5. The smallest absolute Gasteiger partial charge is 0.140 e. The number of nitrogens with one attached hydrogen (secondary N) is 1. The monoisotopic (exact) mass is 310 g/mol. The van der Waals surface area contributed by atoms with Crippen LogP contribution >= 0.6 is 0 Å². The van der Waals surface area contributed by atoms with E-state index < -0.39 is 6.10 Å². The van der Waals surface area contributed by atoms with Gasteiger partial charge in [0.2, 0.25) is 0 Å². The Labute approximate surface area is 134 Å². The normalized spacial score (nSPS) is 12.0. The lowest BCUT2D eigenvalue weighted by molar-refractivity contribution is 0.211. The molecule has 0 spiro atoms. The van der Waals surface area contributed by atoms with Gasteiger partial charge in [-0.25, -0.2) is 4.98 Å². The van der Waals surface area contributed by atoms with E-state index in [2.05, 4.69) is 9.97 Å². The van der Waals surface area contributed by atoms with Crippen molar-refractivity contribution in [3.05, 3.63) is 66.1 Å². The summed E-state index contributed by atoms with van der Waals surface area (Å²) in [7, 11) is 3.24. The van der Waals surface area contributed by atoms with Crippen molar-refractivity contribution >= 4 is 0 Å². The van der Waals surface area contributed by atoms with Crippen molar-refractivity contribution in [2.75, 3.05) is 14.2 Å². The number of aliphatic hydroxyl groups excluding tert-OH is 1. The first kappa shape index (κ1) is 15.1. The Kier molecular flexibility index (Phi) is 4.30. The fraction of sp³-hybridized carbons (Fsp3) is 0.167. The van der Waals surface area contributed by atoms with Crippen molar-refractivity contribution in [2.24, 2.45) is 0 Å².